The van der Waals surface area contributed by atoms with E-state index in [0.29, 0.717) is 18.1 Å². The summed E-state index contributed by atoms with van der Waals surface area (Å²) in [5.74, 6) is 0.449. The Kier molecular flexibility index (Phi) is 5.09. The number of hydrogen-bond acceptors (Lipinski definition) is 7. The molecule has 32 heavy (non-hydrogen) atoms. The van der Waals surface area contributed by atoms with Crippen LogP contribution in [0.3, 0.4) is 0 Å². The summed E-state index contributed by atoms with van der Waals surface area (Å²) >= 11 is 0. The molecule has 2 aliphatic heterocycles. The predicted octanol–water partition coefficient (Wildman–Crippen LogP) is 3.14. The summed E-state index contributed by atoms with van der Waals surface area (Å²) in [6, 6.07) is 12.8. The largest absolute Gasteiger partial charge is 0.508 e. The van der Waals surface area contributed by atoms with E-state index < -0.39 is 24.5 Å². The number of aliphatic hydroxyl groups excluding tert-OH is 2. The molecule has 2 aliphatic rings. The number of halogens is 1. The smallest absolute Gasteiger partial charge is 0.164 e. The van der Waals surface area contributed by atoms with Gasteiger partial charge in [0.05, 0.1) is 18.3 Å². The molecule has 8 nitrogen and oxygen atoms in total. The van der Waals surface area contributed by atoms with Gasteiger partial charge in [-0.1, -0.05) is 12.1 Å². The molecule has 1 fully saturated rings. The second kappa shape index (κ2) is 7.94. The summed E-state index contributed by atoms with van der Waals surface area (Å²) in [5, 5.41) is 32.2. The molecule has 3 heterocycles. The molecule has 1 aromatic heterocycles. The molecule has 5 rings (SSSR count). The Morgan fingerprint density at radius 2 is 1.78 bits per heavy atom. The van der Waals surface area contributed by atoms with E-state index in [1.165, 1.54) is 12.1 Å². The van der Waals surface area contributed by atoms with Gasteiger partial charge in [-0.25, -0.2) is 9.38 Å². The number of nitrogens with one attached hydrogen (secondary N) is 1. The Morgan fingerprint density at radius 3 is 2.44 bits per heavy atom. The number of aromatic hydroxyl groups is 1. The van der Waals surface area contributed by atoms with Gasteiger partial charge in [0.1, 0.15) is 35.9 Å². The molecule has 9 heteroatoms. The maximum Gasteiger partial charge on any atom is 0.164 e. The molecule has 1 saturated heterocycles. The van der Waals surface area contributed by atoms with Crippen LogP contribution in [0.1, 0.15) is 18.7 Å². The lowest BCUT2D eigenvalue weighted by atomic mass is 10.0. The summed E-state index contributed by atoms with van der Waals surface area (Å²) in [4.78, 5) is 4.59. The number of fused-ring (bicyclic) bond motifs is 1. The zero-order valence-corrected chi connectivity index (χ0v) is 17.3. The van der Waals surface area contributed by atoms with Gasteiger partial charge in [0.2, 0.25) is 0 Å². The van der Waals surface area contributed by atoms with Gasteiger partial charge in [-0.05, 0) is 48.9 Å². The standard InChI is InChI=1S/C23H23FN4O4/c1-13-20(30)21(31)23(32-13)28-11-18(14-2-8-17(29)9-3-14)19-10-27(12-25-22(19)28)26-16-6-4-15(24)5-7-16/h2-9,11-13,20-21,23,26,29-31H,10H2,1H3/t13-,20-,21-,23-/m1/s1. The highest BCUT2D eigenvalue weighted by Gasteiger charge is 2.42. The fraction of sp³-hybridized carbons (Fsp3) is 0.261. The van der Waals surface area contributed by atoms with Crippen molar-refractivity contribution in [2.75, 3.05) is 5.43 Å². The lowest BCUT2D eigenvalue weighted by Crippen LogP contribution is -2.31. The van der Waals surface area contributed by atoms with Crippen molar-refractivity contribution in [3.63, 3.8) is 0 Å². The number of aromatic nitrogens is 1. The highest BCUT2D eigenvalue weighted by atomic mass is 19.1. The second-order valence-electron chi connectivity index (χ2n) is 8.00. The zero-order valence-electron chi connectivity index (χ0n) is 17.3. The first-order valence-electron chi connectivity index (χ1n) is 10.3. The number of ether oxygens (including phenoxy) is 1. The van der Waals surface area contributed by atoms with E-state index in [1.807, 2.05) is 6.20 Å². The van der Waals surface area contributed by atoms with Crippen molar-refractivity contribution in [2.45, 2.75) is 38.0 Å². The molecule has 0 amide bonds. The second-order valence-corrected chi connectivity index (χ2v) is 8.00. The Hall–Kier alpha value is -3.40. The van der Waals surface area contributed by atoms with Gasteiger partial charge >= 0.3 is 0 Å². The van der Waals surface area contributed by atoms with Gasteiger partial charge < -0.3 is 24.6 Å². The van der Waals surface area contributed by atoms with Gasteiger partial charge in [-0.3, -0.25) is 10.4 Å². The van der Waals surface area contributed by atoms with E-state index >= 15 is 0 Å². The number of rotatable bonds is 4. The Labute approximate surface area is 183 Å². The summed E-state index contributed by atoms with van der Waals surface area (Å²) < 4.78 is 20.8. The average molecular weight is 438 g/mol. The van der Waals surface area contributed by atoms with Crippen molar-refractivity contribution in [3.05, 3.63) is 66.1 Å². The zero-order chi connectivity index (χ0) is 22.4. The highest BCUT2D eigenvalue weighted by Crippen LogP contribution is 2.41. The molecular weight excluding hydrogens is 415 g/mol. The monoisotopic (exact) mass is 438 g/mol. The van der Waals surface area contributed by atoms with E-state index in [-0.39, 0.29) is 11.6 Å². The van der Waals surface area contributed by atoms with E-state index in [1.54, 1.807) is 59.2 Å². The fourth-order valence-electron chi connectivity index (χ4n) is 4.09. The van der Waals surface area contributed by atoms with Gasteiger partial charge in [0.15, 0.2) is 6.23 Å². The van der Waals surface area contributed by atoms with Crippen LogP contribution in [0.2, 0.25) is 0 Å². The maximum atomic E-state index is 13.2. The number of phenolic OH excluding ortho intramolecular Hbond substituents is 1. The molecule has 0 radical (unpaired) electrons. The molecule has 0 aliphatic carbocycles. The lowest BCUT2D eigenvalue weighted by Gasteiger charge is -2.26. The number of aliphatic imine (C=N–C) groups is 1. The van der Waals surface area contributed by atoms with Crippen molar-refractivity contribution in [1.29, 1.82) is 0 Å². The highest BCUT2D eigenvalue weighted by molar-refractivity contribution is 5.78. The van der Waals surface area contributed by atoms with Crippen molar-refractivity contribution < 1.29 is 24.4 Å². The van der Waals surface area contributed by atoms with Crippen molar-refractivity contribution in [1.82, 2.24) is 9.58 Å². The first-order chi connectivity index (χ1) is 15.4. The maximum absolute atomic E-state index is 13.2. The molecule has 2 aromatic carbocycles. The van der Waals surface area contributed by atoms with Crippen LogP contribution in [0.25, 0.3) is 11.1 Å². The fourth-order valence-corrected chi connectivity index (χ4v) is 4.09. The minimum absolute atomic E-state index is 0.158. The van der Waals surface area contributed by atoms with Crippen molar-refractivity contribution in [2.24, 2.45) is 4.99 Å². The van der Waals surface area contributed by atoms with Crippen molar-refractivity contribution >= 4 is 17.8 Å². The Balaban J connectivity index is 1.52. The third-order valence-electron chi connectivity index (χ3n) is 5.80. The normalized spacial score (nSPS) is 24.6. The minimum atomic E-state index is -1.10. The number of hydrogen-bond donors (Lipinski definition) is 4. The quantitative estimate of drug-likeness (QED) is 0.499. The number of anilines is 1. The number of phenols is 1. The van der Waals surface area contributed by atoms with E-state index in [9.17, 15) is 19.7 Å². The minimum Gasteiger partial charge on any atom is -0.508 e. The number of hydrazine groups is 1. The van der Waals surface area contributed by atoms with Crippen LogP contribution in [0.15, 0.2) is 59.7 Å². The molecule has 0 unspecified atom stereocenters. The molecule has 3 aromatic rings. The Bertz CT molecular complexity index is 1150. The van der Waals surface area contributed by atoms with Crippen LogP contribution >= 0.6 is 0 Å². The molecule has 0 bridgehead atoms. The SMILES string of the molecule is C[C@H]1O[C@@H](n2cc(-c3ccc(O)cc3)c3c2N=CN(Nc2ccc(F)cc2)C3)[C@H](O)[C@@H]1O. The predicted molar refractivity (Wildman–Crippen MR) is 117 cm³/mol. The van der Waals surface area contributed by atoms with Gasteiger partial charge in [0, 0.05) is 17.3 Å². The van der Waals surface area contributed by atoms with Crippen LogP contribution in [0.5, 0.6) is 5.75 Å². The van der Waals surface area contributed by atoms with Gasteiger partial charge in [-0.2, -0.15) is 0 Å². The van der Waals surface area contributed by atoms with Crippen LogP contribution < -0.4 is 5.43 Å². The molecule has 0 spiro atoms. The summed E-state index contributed by atoms with van der Waals surface area (Å²) in [5.41, 5.74) is 6.48. The lowest BCUT2D eigenvalue weighted by molar-refractivity contribution is -0.0308. The molecular formula is C23H23FN4O4. The van der Waals surface area contributed by atoms with Gasteiger partial charge in [-0.15, -0.1) is 0 Å². The number of benzene rings is 2. The summed E-state index contributed by atoms with van der Waals surface area (Å²) in [7, 11) is 0. The molecule has 4 N–H and O–H groups in total. The first kappa shape index (κ1) is 20.5. The van der Waals surface area contributed by atoms with E-state index in [4.69, 9.17) is 4.74 Å². The van der Waals surface area contributed by atoms with Crippen LogP contribution in [0.4, 0.5) is 15.9 Å². The third kappa shape index (κ3) is 3.60. The molecule has 4 atom stereocenters. The summed E-state index contributed by atoms with van der Waals surface area (Å²) in [6.07, 6.45) is 0.0557. The van der Waals surface area contributed by atoms with E-state index in [2.05, 4.69) is 10.4 Å². The number of nitrogens with zero attached hydrogens (tertiary/aromatic N) is 3. The number of aliphatic hydroxyl groups is 2. The van der Waals surface area contributed by atoms with Crippen molar-refractivity contribution in [3.8, 4) is 16.9 Å². The average Bonchev–Trinajstić information content (AvgIpc) is 3.28. The topological polar surface area (TPSA) is 102 Å². The van der Waals surface area contributed by atoms with E-state index in [0.717, 1.165) is 16.7 Å². The summed E-state index contributed by atoms with van der Waals surface area (Å²) in [6.45, 7) is 2.14. The van der Waals surface area contributed by atoms with Crippen LogP contribution in [0, 0.1) is 5.82 Å². The Morgan fingerprint density at radius 1 is 1.06 bits per heavy atom. The third-order valence-corrected chi connectivity index (χ3v) is 5.80. The van der Waals surface area contributed by atoms with Crippen LogP contribution in [-0.2, 0) is 11.3 Å². The van der Waals surface area contributed by atoms with Gasteiger partial charge in [0.25, 0.3) is 0 Å². The first-order valence-corrected chi connectivity index (χ1v) is 10.3. The molecule has 0 saturated carbocycles. The van der Waals surface area contributed by atoms with Crippen LogP contribution in [-0.4, -0.2) is 49.5 Å². The molecule has 166 valence electrons.